The summed E-state index contributed by atoms with van der Waals surface area (Å²) in [5.41, 5.74) is 5.38. The number of hydrogen-bond donors (Lipinski definition) is 2. The Hall–Kier alpha value is -0.500. The van der Waals surface area contributed by atoms with Crippen molar-refractivity contribution in [2.45, 2.75) is 258 Å². The maximum atomic E-state index is 12.6. The monoisotopic (exact) mass is 804 g/mol. The van der Waals surface area contributed by atoms with Crippen molar-refractivity contribution in [1.82, 2.24) is 0 Å². The first-order valence-electron chi connectivity index (χ1n) is 24.0. The number of hydrogen-bond acceptors (Lipinski definition) is 7. The number of nitrogens with two attached hydrogens (primary N) is 1. The molecular formula is C46H94NO7P. The lowest BCUT2D eigenvalue weighted by molar-refractivity contribution is -0.154. The van der Waals surface area contributed by atoms with Gasteiger partial charge in [0.2, 0.25) is 0 Å². The molecule has 9 heteroatoms. The normalized spacial score (nSPS) is 13.3. The van der Waals surface area contributed by atoms with Gasteiger partial charge in [0.15, 0.2) is 0 Å². The molecule has 0 saturated heterocycles. The van der Waals surface area contributed by atoms with Crippen molar-refractivity contribution in [3.05, 3.63) is 0 Å². The molecule has 0 rings (SSSR count). The minimum atomic E-state index is -4.27. The molecule has 1 unspecified atom stereocenters. The molecule has 0 saturated carbocycles. The molecule has 0 aromatic carbocycles. The van der Waals surface area contributed by atoms with Gasteiger partial charge in [-0.05, 0) is 12.8 Å². The van der Waals surface area contributed by atoms with Crippen LogP contribution in [0.1, 0.15) is 251 Å². The number of rotatable bonds is 47. The molecule has 0 amide bonds. The van der Waals surface area contributed by atoms with Crippen LogP contribution in [-0.2, 0) is 27.9 Å². The van der Waals surface area contributed by atoms with Crippen molar-refractivity contribution in [2.75, 3.05) is 33.0 Å². The maximum Gasteiger partial charge on any atom is 0.472 e. The van der Waals surface area contributed by atoms with Crippen LogP contribution in [0.5, 0.6) is 0 Å². The van der Waals surface area contributed by atoms with Gasteiger partial charge < -0.3 is 20.1 Å². The van der Waals surface area contributed by atoms with E-state index in [0.717, 1.165) is 32.1 Å². The third kappa shape index (κ3) is 44.4. The Morgan fingerprint density at radius 1 is 0.473 bits per heavy atom. The Balaban J connectivity index is 3.88. The highest BCUT2D eigenvalue weighted by Gasteiger charge is 2.25. The summed E-state index contributed by atoms with van der Waals surface area (Å²) in [5, 5.41) is 0. The molecule has 0 aliphatic heterocycles. The first-order valence-corrected chi connectivity index (χ1v) is 25.5. The van der Waals surface area contributed by atoms with Gasteiger partial charge in [0, 0.05) is 19.6 Å². The molecule has 0 aromatic rings. The van der Waals surface area contributed by atoms with Crippen LogP contribution in [0.25, 0.3) is 0 Å². The number of ether oxygens (including phenoxy) is 2. The molecule has 0 aliphatic rings. The molecule has 55 heavy (non-hydrogen) atoms. The third-order valence-corrected chi connectivity index (χ3v) is 11.8. The third-order valence-electron chi connectivity index (χ3n) is 10.8. The number of phosphoric ester groups is 1. The summed E-state index contributed by atoms with van der Waals surface area (Å²) in [7, 11) is -4.27. The molecule has 0 radical (unpaired) electrons. The molecule has 8 nitrogen and oxygen atoms in total. The maximum absolute atomic E-state index is 12.6. The summed E-state index contributed by atoms with van der Waals surface area (Å²) in [6.45, 7) is 5.00. The van der Waals surface area contributed by atoms with Gasteiger partial charge in [-0.1, -0.05) is 232 Å². The molecule has 0 fully saturated rings. The number of carbonyl (C=O) groups is 1. The van der Waals surface area contributed by atoms with Crippen molar-refractivity contribution in [3.8, 4) is 0 Å². The predicted molar refractivity (Wildman–Crippen MR) is 234 cm³/mol. The Morgan fingerprint density at radius 3 is 1.15 bits per heavy atom. The van der Waals surface area contributed by atoms with Crippen molar-refractivity contribution < 1.29 is 32.8 Å². The van der Waals surface area contributed by atoms with Crippen LogP contribution in [-0.4, -0.2) is 49.9 Å². The topological polar surface area (TPSA) is 117 Å². The van der Waals surface area contributed by atoms with Crippen molar-refractivity contribution >= 4 is 13.8 Å². The van der Waals surface area contributed by atoms with E-state index in [9.17, 15) is 14.3 Å². The summed E-state index contributed by atoms with van der Waals surface area (Å²) in [4.78, 5) is 22.5. The number of esters is 1. The van der Waals surface area contributed by atoms with Crippen LogP contribution < -0.4 is 5.73 Å². The van der Waals surface area contributed by atoms with Gasteiger partial charge in [-0.15, -0.1) is 0 Å². The van der Waals surface area contributed by atoms with Crippen LogP contribution in [0.4, 0.5) is 0 Å². The van der Waals surface area contributed by atoms with E-state index < -0.39 is 13.9 Å². The van der Waals surface area contributed by atoms with Crippen LogP contribution >= 0.6 is 7.82 Å². The molecule has 0 aromatic heterocycles. The summed E-state index contributed by atoms with van der Waals surface area (Å²) >= 11 is 0. The summed E-state index contributed by atoms with van der Waals surface area (Å²) in [5.74, 6) is -0.322. The molecule has 330 valence electrons. The highest BCUT2D eigenvalue weighted by molar-refractivity contribution is 7.47. The zero-order chi connectivity index (χ0) is 40.2. The van der Waals surface area contributed by atoms with Gasteiger partial charge in [0.05, 0.1) is 19.8 Å². The van der Waals surface area contributed by atoms with Gasteiger partial charge >= 0.3 is 13.8 Å². The lowest BCUT2D eigenvalue weighted by Crippen LogP contribution is -2.28. The van der Waals surface area contributed by atoms with Crippen LogP contribution in [0.2, 0.25) is 0 Å². The smallest absolute Gasteiger partial charge is 0.457 e. The van der Waals surface area contributed by atoms with E-state index >= 15 is 0 Å². The number of phosphoric acid groups is 1. The fourth-order valence-corrected chi connectivity index (χ4v) is 8.00. The molecule has 3 N–H and O–H groups in total. The predicted octanol–water partition coefficient (Wildman–Crippen LogP) is 14.5. The Morgan fingerprint density at radius 2 is 0.800 bits per heavy atom. The summed E-state index contributed by atoms with van der Waals surface area (Å²) in [6.07, 6.45) is 47.0. The second kappa shape index (κ2) is 44.6. The van der Waals surface area contributed by atoms with Gasteiger partial charge in [-0.3, -0.25) is 13.8 Å². The highest BCUT2D eigenvalue weighted by Crippen LogP contribution is 2.43. The standard InChI is InChI=1S/C46H94NO7P/c1-3-5-7-9-11-13-15-17-19-20-21-22-23-24-25-26-27-29-31-33-35-37-39-46(48)54-45(44-53-55(49,50)52-42-40-47)43-51-41-38-36-34-32-30-28-18-16-14-12-10-8-6-4-2/h45H,3-44,47H2,1-2H3,(H,49,50)/t45-/m1/s1. The number of unbranched alkanes of at least 4 members (excludes halogenated alkanes) is 34. The second-order valence-corrected chi connectivity index (χ2v) is 17.8. The second-order valence-electron chi connectivity index (χ2n) is 16.3. The first-order chi connectivity index (χ1) is 26.9. The van der Waals surface area contributed by atoms with Crippen LogP contribution in [0, 0.1) is 0 Å². The minimum absolute atomic E-state index is 0.0899. The average Bonchev–Trinajstić information content (AvgIpc) is 3.17. The Bertz CT molecular complexity index is 817. The van der Waals surface area contributed by atoms with E-state index in [-0.39, 0.29) is 32.3 Å². The van der Waals surface area contributed by atoms with E-state index in [1.54, 1.807) is 0 Å². The summed E-state index contributed by atoms with van der Waals surface area (Å²) in [6, 6.07) is 0. The van der Waals surface area contributed by atoms with Crippen molar-refractivity contribution in [2.24, 2.45) is 5.73 Å². The molecular weight excluding hydrogens is 709 g/mol. The van der Waals surface area contributed by atoms with Crippen LogP contribution in [0.3, 0.4) is 0 Å². The largest absolute Gasteiger partial charge is 0.472 e. The molecule has 0 spiro atoms. The average molecular weight is 804 g/mol. The SMILES string of the molecule is CCCCCCCCCCCCCCCCCCCCCCCCC(=O)O[C@H](COCCCCCCCCCCCCCCCC)COP(=O)(O)OCCN. The zero-order valence-corrected chi connectivity index (χ0v) is 37.6. The van der Waals surface area contributed by atoms with Gasteiger partial charge in [-0.2, -0.15) is 0 Å². The molecule has 0 heterocycles. The molecule has 0 bridgehead atoms. The molecule has 2 atom stereocenters. The zero-order valence-electron chi connectivity index (χ0n) is 36.7. The fraction of sp³-hybridized carbons (Fsp3) is 0.978. The molecule has 0 aliphatic carbocycles. The lowest BCUT2D eigenvalue weighted by atomic mass is 10.0. The van der Waals surface area contributed by atoms with E-state index in [1.807, 2.05) is 0 Å². The first kappa shape index (κ1) is 54.5. The van der Waals surface area contributed by atoms with Crippen LogP contribution in [0.15, 0.2) is 0 Å². The Kier molecular flexibility index (Phi) is 44.2. The van der Waals surface area contributed by atoms with Gasteiger partial charge in [0.1, 0.15) is 6.10 Å². The van der Waals surface area contributed by atoms with Gasteiger partial charge in [0.25, 0.3) is 0 Å². The fourth-order valence-electron chi connectivity index (χ4n) is 7.24. The highest BCUT2D eigenvalue weighted by atomic mass is 31.2. The number of carbonyl (C=O) groups excluding carboxylic acids is 1. The lowest BCUT2D eigenvalue weighted by Gasteiger charge is -2.20. The van der Waals surface area contributed by atoms with Crippen molar-refractivity contribution in [1.29, 1.82) is 0 Å². The quantitative estimate of drug-likeness (QED) is 0.0355. The van der Waals surface area contributed by atoms with Gasteiger partial charge in [-0.25, -0.2) is 4.57 Å². The van der Waals surface area contributed by atoms with E-state index in [0.29, 0.717) is 13.0 Å². The Labute approximate surface area is 341 Å². The minimum Gasteiger partial charge on any atom is -0.457 e. The van der Waals surface area contributed by atoms with E-state index in [1.165, 1.54) is 199 Å². The summed E-state index contributed by atoms with van der Waals surface area (Å²) < 4.78 is 33.5. The van der Waals surface area contributed by atoms with Crippen molar-refractivity contribution in [3.63, 3.8) is 0 Å². The van der Waals surface area contributed by atoms with E-state index in [2.05, 4.69) is 13.8 Å². The van der Waals surface area contributed by atoms with E-state index in [4.69, 9.17) is 24.3 Å².